The summed E-state index contributed by atoms with van der Waals surface area (Å²) in [5.74, 6) is 1.54. The highest BCUT2D eigenvalue weighted by molar-refractivity contribution is 7.17. The van der Waals surface area contributed by atoms with Gasteiger partial charge in [-0.05, 0) is 17.9 Å². The van der Waals surface area contributed by atoms with Crippen molar-refractivity contribution >= 4 is 39.7 Å². The number of hydrogen-bond acceptors (Lipinski definition) is 3. The SMILES string of the molecule is Cl.O=C(c1csc2ccccc12)N1C[C@H]2CNC[C@H]2C1. The van der Waals surface area contributed by atoms with Crippen molar-refractivity contribution in [2.75, 3.05) is 26.2 Å². The third kappa shape index (κ3) is 2.12. The number of benzene rings is 1. The molecule has 0 aliphatic carbocycles. The topological polar surface area (TPSA) is 32.3 Å². The normalized spacial score (nSPS) is 24.7. The van der Waals surface area contributed by atoms with Crippen molar-refractivity contribution in [3.05, 3.63) is 35.2 Å². The Bertz CT molecular complexity index is 630. The average molecular weight is 309 g/mol. The summed E-state index contributed by atoms with van der Waals surface area (Å²) in [6.07, 6.45) is 0. The molecule has 2 atom stereocenters. The van der Waals surface area contributed by atoms with Crippen molar-refractivity contribution in [1.82, 2.24) is 10.2 Å². The standard InChI is InChI=1S/C15H16N2OS.ClH/c18-15(17-7-10-5-16-6-11(10)8-17)13-9-19-14-4-2-1-3-12(13)14;/h1-4,9-11,16H,5-8H2;1H/t10-,11+;. The molecular formula is C15H17ClN2OS. The van der Waals surface area contributed by atoms with Gasteiger partial charge in [0.2, 0.25) is 0 Å². The van der Waals surface area contributed by atoms with Crippen LogP contribution in [0.4, 0.5) is 0 Å². The number of hydrogen-bond donors (Lipinski definition) is 1. The molecule has 1 amide bonds. The largest absolute Gasteiger partial charge is 0.338 e. The Morgan fingerprint density at radius 2 is 1.90 bits per heavy atom. The van der Waals surface area contributed by atoms with Gasteiger partial charge >= 0.3 is 0 Å². The molecule has 2 aliphatic heterocycles. The first-order chi connectivity index (χ1) is 9.33. The highest BCUT2D eigenvalue weighted by Crippen LogP contribution is 2.31. The maximum absolute atomic E-state index is 12.7. The summed E-state index contributed by atoms with van der Waals surface area (Å²) >= 11 is 1.66. The summed E-state index contributed by atoms with van der Waals surface area (Å²) < 4.78 is 1.20. The first kappa shape index (κ1) is 13.9. The summed E-state index contributed by atoms with van der Waals surface area (Å²) in [5, 5.41) is 6.53. The molecule has 2 saturated heterocycles. The quantitative estimate of drug-likeness (QED) is 0.878. The Kier molecular flexibility index (Phi) is 3.71. The Labute approximate surface area is 128 Å². The monoisotopic (exact) mass is 308 g/mol. The van der Waals surface area contributed by atoms with Crippen LogP contribution >= 0.6 is 23.7 Å². The number of likely N-dealkylation sites (tertiary alicyclic amines) is 1. The summed E-state index contributed by atoms with van der Waals surface area (Å²) in [6, 6.07) is 8.17. The minimum Gasteiger partial charge on any atom is -0.338 e. The first-order valence-corrected chi connectivity index (χ1v) is 7.67. The second-order valence-electron chi connectivity index (χ2n) is 5.53. The number of halogens is 1. The van der Waals surface area contributed by atoms with Crippen LogP contribution in [-0.2, 0) is 0 Å². The fraction of sp³-hybridized carbons (Fsp3) is 0.400. The summed E-state index contributed by atoms with van der Waals surface area (Å²) in [5.41, 5.74) is 0.883. The van der Waals surface area contributed by atoms with E-state index in [4.69, 9.17) is 0 Å². The van der Waals surface area contributed by atoms with Crippen molar-refractivity contribution in [2.24, 2.45) is 11.8 Å². The predicted octanol–water partition coefficient (Wildman–Crippen LogP) is 2.61. The molecule has 3 heterocycles. The Morgan fingerprint density at radius 1 is 1.20 bits per heavy atom. The second-order valence-corrected chi connectivity index (χ2v) is 6.45. The molecule has 2 fully saturated rings. The fourth-order valence-corrected chi connectivity index (χ4v) is 4.27. The van der Waals surface area contributed by atoms with Crippen LogP contribution in [0.2, 0.25) is 0 Å². The van der Waals surface area contributed by atoms with Gasteiger partial charge in [0.1, 0.15) is 0 Å². The predicted molar refractivity (Wildman–Crippen MR) is 84.8 cm³/mol. The smallest absolute Gasteiger partial charge is 0.255 e. The number of carbonyl (C=O) groups excluding carboxylic acids is 1. The van der Waals surface area contributed by atoms with Crippen LogP contribution in [0.25, 0.3) is 10.1 Å². The lowest BCUT2D eigenvalue weighted by molar-refractivity contribution is 0.0784. The van der Waals surface area contributed by atoms with E-state index in [0.29, 0.717) is 11.8 Å². The van der Waals surface area contributed by atoms with Gasteiger partial charge in [-0.1, -0.05) is 18.2 Å². The van der Waals surface area contributed by atoms with E-state index in [1.807, 2.05) is 22.4 Å². The molecule has 1 aromatic heterocycles. The highest BCUT2D eigenvalue weighted by atomic mass is 35.5. The van der Waals surface area contributed by atoms with Gasteiger partial charge in [-0.2, -0.15) is 0 Å². The van der Waals surface area contributed by atoms with Gasteiger partial charge < -0.3 is 10.2 Å². The molecule has 106 valence electrons. The van der Waals surface area contributed by atoms with E-state index in [2.05, 4.69) is 17.4 Å². The zero-order valence-corrected chi connectivity index (χ0v) is 12.7. The number of fused-ring (bicyclic) bond motifs is 2. The van der Waals surface area contributed by atoms with Crippen LogP contribution in [0.5, 0.6) is 0 Å². The van der Waals surface area contributed by atoms with E-state index >= 15 is 0 Å². The second kappa shape index (κ2) is 5.35. The molecule has 2 aliphatic rings. The summed E-state index contributed by atoms with van der Waals surface area (Å²) in [6.45, 7) is 3.97. The molecule has 3 nitrogen and oxygen atoms in total. The maximum Gasteiger partial charge on any atom is 0.255 e. The molecule has 2 aromatic rings. The molecular weight excluding hydrogens is 292 g/mol. The van der Waals surface area contributed by atoms with E-state index in [1.165, 1.54) is 4.70 Å². The third-order valence-corrected chi connectivity index (χ3v) is 5.35. The Morgan fingerprint density at radius 3 is 2.65 bits per heavy atom. The van der Waals surface area contributed by atoms with E-state index in [-0.39, 0.29) is 18.3 Å². The molecule has 1 aromatic carbocycles. The third-order valence-electron chi connectivity index (χ3n) is 4.39. The number of rotatable bonds is 1. The minimum atomic E-state index is 0. The number of amides is 1. The van der Waals surface area contributed by atoms with Gasteiger partial charge in [0, 0.05) is 41.6 Å². The Hall–Kier alpha value is -1.10. The van der Waals surface area contributed by atoms with E-state index < -0.39 is 0 Å². The molecule has 4 rings (SSSR count). The molecule has 0 bridgehead atoms. The van der Waals surface area contributed by atoms with Crippen molar-refractivity contribution in [3.63, 3.8) is 0 Å². The van der Waals surface area contributed by atoms with Gasteiger partial charge in [0.15, 0.2) is 0 Å². The van der Waals surface area contributed by atoms with Crippen LogP contribution in [-0.4, -0.2) is 37.0 Å². The van der Waals surface area contributed by atoms with Gasteiger partial charge in [-0.15, -0.1) is 23.7 Å². The lowest BCUT2D eigenvalue weighted by atomic mass is 10.0. The number of nitrogens with zero attached hydrogens (tertiary/aromatic N) is 1. The van der Waals surface area contributed by atoms with Gasteiger partial charge in [-0.3, -0.25) is 4.79 Å². The number of carbonyl (C=O) groups is 1. The highest BCUT2D eigenvalue weighted by Gasteiger charge is 2.38. The number of thiophene rings is 1. The summed E-state index contributed by atoms with van der Waals surface area (Å²) in [7, 11) is 0. The van der Waals surface area contributed by atoms with Crippen molar-refractivity contribution in [2.45, 2.75) is 0 Å². The zero-order valence-electron chi connectivity index (χ0n) is 11.0. The van der Waals surface area contributed by atoms with Crippen LogP contribution in [0, 0.1) is 11.8 Å². The lowest BCUT2D eigenvalue weighted by Gasteiger charge is -2.17. The van der Waals surface area contributed by atoms with Crippen LogP contribution in [0.3, 0.4) is 0 Å². The maximum atomic E-state index is 12.7. The van der Waals surface area contributed by atoms with Crippen molar-refractivity contribution in [1.29, 1.82) is 0 Å². The lowest BCUT2D eigenvalue weighted by Crippen LogP contribution is -2.31. The molecule has 0 saturated carbocycles. The molecule has 20 heavy (non-hydrogen) atoms. The molecule has 0 spiro atoms. The fourth-order valence-electron chi connectivity index (χ4n) is 3.33. The van der Waals surface area contributed by atoms with E-state index in [0.717, 1.165) is 37.1 Å². The van der Waals surface area contributed by atoms with Crippen LogP contribution < -0.4 is 5.32 Å². The van der Waals surface area contributed by atoms with Crippen LogP contribution in [0.1, 0.15) is 10.4 Å². The van der Waals surface area contributed by atoms with E-state index in [1.54, 1.807) is 11.3 Å². The average Bonchev–Trinajstić information content (AvgIpc) is 3.11. The molecule has 5 heteroatoms. The first-order valence-electron chi connectivity index (χ1n) is 6.79. The molecule has 0 unspecified atom stereocenters. The van der Waals surface area contributed by atoms with Gasteiger partial charge in [-0.25, -0.2) is 0 Å². The summed E-state index contributed by atoms with van der Waals surface area (Å²) in [4.78, 5) is 14.7. The molecule has 0 radical (unpaired) electrons. The number of nitrogens with one attached hydrogen (secondary N) is 1. The van der Waals surface area contributed by atoms with E-state index in [9.17, 15) is 4.79 Å². The van der Waals surface area contributed by atoms with Crippen molar-refractivity contribution < 1.29 is 4.79 Å². The van der Waals surface area contributed by atoms with Gasteiger partial charge in [0.05, 0.1) is 5.56 Å². The van der Waals surface area contributed by atoms with Crippen molar-refractivity contribution in [3.8, 4) is 0 Å². The molecule has 1 N–H and O–H groups in total. The van der Waals surface area contributed by atoms with Crippen LogP contribution in [0.15, 0.2) is 29.6 Å². The van der Waals surface area contributed by atoms with Gasteiger partial charge in [0.25, 0.3) is 5.91 Å². The zero-order chi connectivity index (χ0) is 12.8. The minimum absolute atomic E-state index is 0. The Balaban J connectivity index is 0.00000121.